The van der Waals surface area contributed by atoms with Crippen LogP contribution >= 0.6 is 0 Å². The Kier molecular flexibility index (Phi) is 3.98. The van der Waals surface area contributed by atoms with Crippen LogP contribution < -0.4 is 5.32 Å². The quantitative estimate of drug-likeness (QED) is 0.869. The van der Waals surface area contributed by atoms with E-state index in [0.29, 0.717) is 11.3 Å². The summed E-state index contributed by atoms with van der Waals surface area (Å²) in [6.07, 6.45) is 1.78. The number of aromatic nitrogens is 2. The molecular weight excluding hydrogens is 254 g/mol. The maximum Gasteiger partial charge on any atom is 0.248 e. The summed E-state index contributed by atoms with van der Waals surface area (Å²) in [6, 6.07) is 8.29. The minimum atomic E-state index is -0.392. The Morgan fingerprint density at radius 3 is 2.35 bits per heavy atom. The summed E-state index contributed by atoms with van der Waals surface area (Å²) in [5.74, 6) is -0.146. The number of amides is 1. The number of benzene rings is 1. The molecule has 1 unspecified atom stereocenters. The van der Waals surface area contributed by atoms with Crippen LogP contribution in [-0.4, -0.2) is 21.5 Å². The Balaban J connectivity index is 2.05. The molecule has 2 aromatic rings. The minimum Gasteiger partial charge on any atom is -0.324 e. The molecule has 0 bridgehead atoms. The average Bonchev–Trinajstić information content (AvgIpc) is 2.85. The summed E-state index contributed by atoms with van der Waals surface area (Å²) < 4.78 is 1.62. The Hall–Kier alpha value is -2.43. The highest BCUT2D eigenvalue weighted by Crippen LogP contribution is 2.13. The van der Waals surface area contributed by atoms with Crippen molar-refractivity contribution in [1.29, 1.82) is 0 Å². The van der Waals surface area contributed by atoms with Crippen LogP contribution in [0.4, 0.5) is 5.69 Å². The number of rotatable bonds is 4. The molecule has 5 heteroatoms. The molecule has 0 aliphatic heterocycles. The number of hydrogen-bond donors (Lipinski definition) is 1. The molecule has 0 spiro atoms. The summed E-state index contributed by atoms with van der Waals surface area (Å²) >= 11 is 0. The van der Waals surface area contributed by atoms with Gasteiger partial charge in [-0.2, -0.15) is 5.10 Å². The van der Waals surface area contributed by atoms with Crippen LogP contribution in [0, 0.1) is 6.92 Å². The number of anilines is 1. The number of Topliss-reactive ketones (excluding diaryl/α,β-unsaturated/α-hetero) is 1. The fourth-order valence-corrected chi connectivity index (χ4v) is 1.80. The van der Waals surface area contributed by atoms with Crippen molar-refractivity contribution < 1.29 is 9.59 Å². The van der Waals surface area contributed by atoms with E-state index in [0.717, 1.165) is 5.69 Å². The molecule has 0 saturated carbocycles. The lowest BCUT2D eigenvalue weighted by molar-refractivity contribution is -0.119. The van der Waals surface area contributed by atoms with Crippen LogP contribution in [0.2, 0.25) is 0 Å². The van der Waals surface area contributed by atoms with Crippen LogP contribution in [-0.2, 0) is 4.79 Å². The lowest BCUT2D eigenvalue weighted by Gasteiger charge is -2.12. The Morgan fingerprint density at radius 1 is 1.20 bits per heavy atom. The zero-order chi connectivity index (χ0) is 14.7. The van der Waals surface area contributed by atoms with E-state index in [1.807, 2.05) is 13.0 Å². The summed E-state index contributed by atoms with van der Waals surface area (Å²) in [5.41, 5.74) is 2.16. The van der Waals surface area contributed by atoms with Crippen LogP contribution in [0.15, 0.2) is 36.5 Å². The molecule has 0 aliphatic carbocycles. The third kappa shape index (κ3) is 3.12. The molecule has 104 valence electrons. The first kappa shape index (κ1) is 14.0. The van der Waals surface area contributed by atoms with E-state index in [2.05, 4.69) is 10.4 Å². The van der Waals surface area contributed by atoms with Crippen molar-refractivity contribution in [3.8, 4) is 0 Å². The standard InChI is InChI=1S/C15H17N3O2/c1-10-8-9-18(17-10)11(2)15(20)16-14-6-4-13(5-7-14)12(3)19/h4-9,11H,1-3H3,(H,16,20). The number of nitrogens with one attached hydrogen (secondary N) is 1. The van der Waals surface area contributed by atoms with Crippen molar-refractivity contribution in [3.05, 3.63) is 47.8 Å². The first-order valence-corrected chi connectivity index (χ1v) is 6.41. The van der Waals surface area contributed by atoms with Crippen LogP contribution in [0.5, 0.6) is 0 Å². The fraction of sp³-hybridized carbons (Fsp3) is 0.267. The van der Waals surface area contributed by atoms with E-state index in [1.165, 1.54) is 6.92 Å². The van der Waals surface area contributed by atoms with Gasteiger partial charge in [-0.05, 0) is 51.1 Å². The monoisotopic (exact) mass is 271 g/mol. The SMILES string of the molecule is CC(=O)c1ccc(NC(=O)C(C)n2ccc(C)n2)cc1. The number of aryl methyl sites for hydroxylation is 1. The molecule has 1 aromatic heterocycles. The van der Waals surface area contributed by atoms with Gasteiger partial charge in [-0.3, -0.25) is 14.3 Å². The molecule has 1 N–H and O–H groups in total. The van der Waals surface area contributed by atoms with E-state index in [-0.39, 0.29) is 11.7 Å². The maximum atomic E-state index is 12.1. The van der Waals surface area contributed by atoms with Crippen LogP contribution in [0.1, 0.15) is 35.9 Å². The summed E-state index contributed by atoms with van der Waals surface area (Å²) in [5, 5.41) is 7.03. The second-order valence-electron chi connectivity index (χ2n) is 4.74. The number of nitrogens with zero attached hydrogens (tertiary/aromatic N) is 2. The van der Waals surface area contributed by atoms with E-state index in [1.54, 1.807) is 42.1 Å². The summed E-state index contributed by atoms with van der Waals surface area (Å²) in [7, 11) is 0. The molecule has 5 nitrogen and oxygen atoms in total. The van der Waals surface area contributed by atoms with Crippen molar-refractivity contribution in [3.63, 3.8) is 0 Å². The normalized spacial score (nSPS) is 11.9. The predicted molar refractivity (Wildman–Crippen MR) is 76.8 cm³/mol. The van der Waals surface area contributed by atoms with Gasteiger partial charge in [-0.1, -0.05) is 0 Å². The lowest BCUT2D eigenvalue weighted by Crippen LogP contribution is -2.24. The maximum absolute atomic E-state index is 12.1. The highest BCUT2D eigenvalue weighted by atomic mass is 16.2. The van der Waals surface area contributed by atoms with Gasteiger partial charge in [0, 0.05) is 17.4 Å². The summed E-state index contributed by atoms with van der Waals surface area (Å²) in [4.78, 5) is 23.3. The molecule has 2 rings (SSSR count). The topological polar surface area (TPSA) is 64.0 Å². The van der Waals surface area contributed by atoms with Gasteiger partial charge in [0.2, 0.25) is 5.91 Å². The third-order valence-corrected chi connectivity index (χ3v) is 3.08. The second-order valence-corrected chi connectivity index (χ2v) is 4.74. The number of carbonyl (C=O) groups excluding carboxylic acids is 2. The Bertz CT molecular complexity index is 629. The predicted octanol–water partition coefficient (Wildman–Crippen LogP) is 2.59. The van der Waals surface area contributed by atoms with Crippen molar-refractivity contribution in [2.24, 2.45) is 0 Å². The molecule has 0 saturated heterocycles. The van der Waals surface area contributed by atoms with E-state index in [9.17, 15) is 9.59 Å². The highest BCUT2D eigenvalue weighted by molar-refractivity contribution is 5.96. The zero-order valence-electron chi connectivity index (χ0n) is 11.8. The molecule has 1 amide bonds. The molecule has 0 aliphatic rings. The van der Waals surface area contributed by atoms with Gasteiger partial charge < -0.3 is 5.32 Å². The van der Waals surface area contributed by atoms with Gasteiger partial charge in [0.25, 0.3) is 0 Å². The van der Waals surface area contributed by atoms with Crippen molar-refractivity contribution >= 4 is 17.4 Å². The minimum absolute atomic E-state index is 0.00302. The number of ketones is 1. The second kappa shape index (κ2) is 5.69. The number of hydrogen-bond acceptors (Lipinski definition) is 3. The molecule has 1 aromatic carbocycles. The molecule has 0 fully saturated rings. The van der Waals surface area contributed by atoms with Gasteiger partial charge in [0.05, 0.1) is 5.69 Å². The van der Waals surface area contributed by atoms with Crippen molar-refractivity contribution in [1.82, 2.24) is 9.78 Å². The highest BCUT2D eigenvalue weighted by Gasteiger charge is 2.15. The fourth-order valence-electron chi connectivity index (χ4n) is 1.80. The van der Waals surface area contributed by atoms with Gasteiger partial charge in [-0.15, -0.1) is 0 Å². The van der Waals surface area contributed by atoms with Crippen LogP contribution in [0.25, 0.3) is 0 Å². The van der Waals surface area contributed by atoms with Gasteiger partial charge in [0.15, 0.2) is 5.78 Å². The average molecular weight is 271 g/mol. The van der Waals surface area contributed by atoms with Gasteiger partial charge in [0.1, 0.15) is 6.04 Å². The van der Waals surface area contributed by atoms with Gasteiger partial charge >= 0.3 is 0 Å². The molecule has 1 heterocycles. The van der Waals surface area contributed by atoms with E-state index >= 15 is 0 Å². The first-order valence-electron chi connectivity index (χ1n) is 6.41. The smallest absolute Gasteiger partial charge is 0.248 e. The first-order chi connectivity index (χ1) is 9.47. The Morgan fingerprint density at radius 2 is 1.85 bits per heavy atom. The zero-order valence-corrected chi connectivity index (χ0v) is 11.8. The van der Waals surface area contributed by atoms with Gasteiger partial charge in [-0.25, -0.2) is 0 Å². The van der Waals surface area contributed by atoms with Crippen LogP contribution in [0.3, 0.4) is 0 Å². The van der Waals surface area contributed by atoms with E-state index in [4.69, 9.17) is 0 Å². The van der Waals surface area contributed by atoms with Crippen molar-refractivity contribution in [2.75, 3.05) is 5.32 Å². The molecule has 20 heavy (non-hydrogen) atoms. The molecule has 0 radical (unpaired) electrons. The largest absolute Gasteiger partial charge is 0.324 e. The number of carbonyl (C=O) groups is 2. The Labute approximate surface area is 117 Å². The molecular formula is C15H17N3O2. The summed E-state index contributed by atoms with van der Waals surface area (Å²) in [6.45, 7) is 5.17. The lowest BCUT2D eigenvalue weighted by atomic mass is 10.1. The van der Waals surface area contributed by atoms with Crippen molar-refractivity contribution in [2.45, 2.75) is 26.8 Å². The third-order valence-electron chi connectivity index (χ3n) is 3.08. The molecule has 1 atom stereocenters. The van der Waals surface area contributed by atoms with E-state index < -0.39 is 6.04 Å².